The SMILES string of the molecule is OCCSC1CCOC2(CCC2)C1. The van der Waals surface area contributed by atoms with E-state index < -0.39 is 0 Å². The molecule has 2 aliphatic rings. The fraction of sp³-hybridized carbons (Fsp3) is 1.00. The van der Waals surface area contributed by atoms with Crippen molar-refractivity contribution in [3.8, 4) is 0 Å². The lowest BCUT2D eigenvalue weighted by atomic mass is 9.75. The Hall–Kier alpha value is 0.270. The van der Waals surface area contributed by atoms with Crippen LogP contribution in [0.3, 0.4) is 0 Å². The molecule has 1 heterocycles. The Bertz CT molecular complexity index is 168. The number of ether oxygens (including phenoxy) is 1. The molecule has 1 N–H and O–H groups in total. The zero-order chi connectivity index (χ0) is 9.15. The van der Waals surface area contributed by atoms with Crippen LogP contribution in [0.15, 0.2) is 0 Å². The molecule has 2 rings (SSSR count). The summed E-state index contributed by atoms with van der Waals surface area (Å²) in [4.78, 5) is 0. The normalized spacial score (nSPS) is 31.6. The van der Waals surface area contributed by atoms with Gasteiger partial charge in [0.1, 0.15) is 0 Å². The van der Waals surface area contributed by atoms with Crippen LogP contribution >= 0.6 is 11.8 Å². The lowest BCUT2D eigenvalue weighted by Gasteiger charge is -2.47. The first kappa shape index (κ1) is 9.81. The van der Waals surface area contributed by atoms with Gasteiger partial charge in [0.05, 0.1) is 12.2 Å². The van der Waals surface area contributed by atoms with Gasteiger partial charge < -0.3 is 9.84 Å². The van der Waals surface area contributed by atoms with E-state index in [2.05, 4.69) is 0 Å². The average molecular weight is 202 g/mol. The molecule has 1 atom stereocenters. The number of hydrogen-bond acceptors (Lipinski definition) is 3. The zero-order valence-electron chi connectivity index (χ0n) is 8.00. The van der Waals surface area contributed by atoms with Crippen LogP contribution in [0, 0.1) is 0 Å². The zero-order valence-corrected chi connectivity index (χ0v) is 8.81. The molecule has 1 spiro atoms. The van der Waals surface area contributed by atoms with Crippen molar-refractivity contribution in [1.29, 1.82) is 0 Å². The van der Waals surface area contributed by atoms with Crippen LogP contribution in [0.4, 0.5) is 0 Å². The predicted octanol–water partition coefficient (Wildman–Crippen LogP) is 1.81. The van der Waals surface area contributed by atoms with Crippen LogP contribution in [-0.4, -0.2) is 34.9 Å². The number of aliphatic hydroxyl groups is 1. The van der Waals surface area contributed by atoms with Gasteiger partial charge in [-0.15, -0.1) is 0 Å². The van der Waals surface area contributed by atoms with Crippen LogP contribution in [0.2, 0.25) is 0 Å². The highest BCUT2D eigenvalue weighted by molar-refractivity contribution is 7.99. The number of aliphatic hydroxyl groups excluding tert-OH is 1. The van der Waals surface area contributed by atoms with E-state index in [-0.39, 0.29) is 5.60 Å². The summed E-state index contributed by atoms with van der Waals surface area (Å²) < 4.78 is 5.84. The molecular formula is C10H18O2S. The minimum Gasteiger partial charge on any atom is -0.396 e. The maximum Gasteiger partial charge on any atom is 0.0693 e. The molecule has 13 heavy (non-hydrogen) atoms. The van der Waals surface area contributed by atoms with Crippen molar-refractivity contribution >= 4 is 11.8 Å². The van der Waals surface area contributed by atoms with Crippen LogP contribution < -0.4 is 0 Å². The van der Waals surface area contributed by atoms with Gasteiger partial charge >= 0.3 is 0 Å². The van der Waals surface area contributed by atoms with E-state index in [1.165, 1.54) is 32.1 Å². The quantitative estimate of drug-likeness (QED) is 0.757. The van der Waals surface area contributed by atoms with Gasteiger partial charge in [-0.05, 0) is 32.1 Å². The Morgan fingerprint density at radius 1 is 1.46 bits per heavy atom. The highest BCUT2D eigenvalue weighted by atomic mass is 32.2. The third-order valence-electron chi connectivity index (χ3n) is 3.16. The summed E-state index contributed by atoms with van der Waals surface area (Å²) in [6, 6.07) is 0. The molecule has 1 saturated carbocycles. The summed E-state index contributed by atoms with van der Waals surface area (Å²) in [6.45, 7) is 1.25. The molecule has 0 radical (unpaired) electrons. The van der Waals surface area contributed by atoms with Gasteiger partial charge in [-0.25, -0.2) is 0 Å². The van der Waals surface area contributed by atoms with Gasteiger partial charge in [0.25, 0.3) is 0 Å². The molecular weight excluding hydrogens is 184 g/mol. The standard InChI is InChI=1S/C10H18O2S/c11-5-7-13-9-2-6-12-10(8-9)3-1-4-10/h9,11H,1-8H2. The van der Waals surface area contributed by atoms with E-state index in [9.17, 15) is 0 Å². The summed E-state index contributed by atoms with van der Waals surface area (Å²) in [6.07, 6.45) is 6.27. The lowest BCUT2D eigenvalue weighted by molar-refractivity contribution is -0.125. The van der Waals surface area contributed by atoms with Crippen LogP contribution in [0.1, 0.15) is 32.1 Å². The second kappa shape index (κ2) is 4.20. The van der Waals surface area contributed by atoms with Crippen molar-refractivity contribution in [2.75, 3.05) is 19.0 Å². The summed E-state index contributed by atoms with van der Waals surface area (Å²) in [5, 5.41) is 9.48. The van der Waals surface area contributed by atoms with Crippen molar-refractivity contribution in [2.24, 2.45) is 0 Å². The van der Waals surface area contributed by atoms with Crippen molar-refractivity contribution in [1.82, 2.24) is 0 Å². The van der Waals surface area contributed by atoms with E-state index in [1.54, 1.807) is 0 Å². The first-order valence-corrected chi connectivity index (χ1v) is 6.26. The highest BCUT2D eigenvalue weighted by Gasteiger charge is 2.42. The Morgan fingerprint density at radius 3 is 2.92 bits per heavy atom. The van der Waals surface area contributed by atoms with Gasteiger partial charge in [0.2, 0.25) is 0 Å². The first-order chi connectivity index (χ1) is 6.35. The third kappa shape index (κ3) is 2.20. The van der Waals surface area contributed by atoms with Gasteiger partial charge in [-0.1, -0.05) is 0 Å². The Balaban J connectivity index is 1.78. The molecule has 0 aromatic carbocycles. The van der Waals surface area contributed by atoms with Crippen LogP contribution in [0.25, 0.3) is 0 Å². The first-order valence-electron chi connectivity index (χ1n) is 5.21. The highest BCUT2D eigenvalue weighted by Crippen LogP contribution is 2.44. The molecule has 0 bridgehead atoms. The maximum atomic E-state index is 8.75. The average Bonchev–Trinajstić information content (AvgIpc) is 2.13. The molecule has 2 fully saturated rings. The van der Waals surface area contributed by atoms with E-state index in [4.69, 9.17) is 9.84 Å². The maximum absolute atomic E-state index is 8.75. The Kier molecular flexibility index (Phi) is 3.17. The minimum atomic E-state index is 0.269. The summed E-state index contributed by atoms with van der Waals surface area (Å²) in [5.74, 6) is 0.890. The van der Waals surface area contributed by atoms with Crippen molar-refractivity contribution < 1.29 is 9.84 Å². The lowest BCUT2D eigenvalue weighted by Crippen LogP contribution is -2.46. The molecule has 1 unspecified atom stereocenters. The topological polar surface area (TPSA) is 29.5 Å². The van der Waals surface area contributed by atoms with Gasteiger partial charge in [-0.3, -0.25) is 0 Å². The second-order valence-corrected chi connectivity index (χ2v) is 5.50. The number of thioether (sulfide) groups is 1. The Morgan fingerprint density at radius 2 is 2.31 bits per heavy atom. The molecule has 1 saturated heterocycles. The molecule has 76 valence electrons. The molecule has 3 heteroatoms. The van der Waals surface area contributed by atoms with Crippen molar-refractivity contribution in [3.63, 3.8) is 0 Å². The van der Waals surface area contributed by atoms with E-state index in [1.807, 2.05) is 11.8 Å². The van der Waals surface area contributed by atoms with Crippen molar-refractivity contribution in [2.45, 2.75) is 43.0 Å². The molecule has 0 amide bonds. The van der Waals surface area contributed by atoms with E-state index >= 15 is 0 Å². The monoisotopic (exact) mass is 202 g/mol. The Labute approximate surface area is 84.0 Å². The van der Waals surface area contributed by atoms with Crippen LogP contribution in [0.5, 0.6) is 0 Å². The van der Waals surface area contributed by atoms with Crippen molar-refractivity contribution in [3.05, 3.63) is 0 Å². The van der Waals surface area contributed by atoms with E-state index in [0.717, 1.165) is 17.6 Å². The second-order valence-electron chi connectivity index (χ2n) is 4.09. The van der Waals surface area contributed by atoms with Gasteiger partial charge in [0.15, 0.2) is 0 Å². The number of hydrogen-bond donors (Lipinski definition) is 1. The molecule has 0 aromatic heterocycles. The summed E-state index contributed by atoms with van der Waals surface area (Å²) in [5.41, 5.74) is 0.269. The van der Waals surface area contributed by atoms with Gasteiger partial charge in [-0.2, -0.15) is 11.8 Å². The molecule has 2 nitrogen and oxygen atoms in total. The van der Waals surface area contributed by atoms with Crippen LogP contribution in [-0.2, 0) is 4.74 Å². The fourth-order valence-corrected chi connectivity index (χ4v) is 3.39. The summed E-state index contributed by atoms with van der Waals surface area (Å²) >= 11 is 1.92. The van der Waals surface area contributed by atoms with Gasteiger partial charge in [0, 0.05) is 17.6 Å². The molecule has 1 aliphatic heterocycles. The minimum absolute atomic E-state index is 0.269. The summed E-state index contributed by atoms with van der Waals surface area (Å²) in [7, 11) is 0. The smallest absolute Gasteiger partial charge is 0.0693 e. The predicted molar refractivity (Wildman–Crippen MR) is 55.1 cm³/mol. The third-order valence-corrected chi connectivity index (χ3v) is 4.45. The largest absolute Gasteiger partial charge is 0.396 e. The van der Waals surface area contributed by atoms with E-state index in [0.29, 0.717) is 6.61 Å². The molecule has 1 aliphatic carbocycles. The number of rotatable bonds is 3. The molecule has 0 aromatic rings. The fourth-order valence-electron chi connectivity index (χ4n) is 2.26.